The molecule has 1 aromatic carbocycles. The zero-order valence-corrected chi connectivity index (χ0v) is 13.2. The number of aromatic amines is 1. The highest BCUT2D eigenvalue weighted by atomic mass is 16.5. The number of nitrogens with zero attached hydrogens (tertiary/aromatic N) is 3. The Morgan fingerprint density at radius 2 is 2.12 bits per heavy atom. The molecule has 1 N–H and O–H groups in total. The van der Waals surface area contributed by atoms with Crippen LogP contribution >= 0.6 is 0 Å². The van der Waals surface area contributed by atoms with Gasteiger partial charge in [-0.25, -0.2) is 0 Å². The van der Waals surface area contributed by atoms with E-state index in [-0.39, 0.29) is 17.9 Å². The Labute approximate surface area is 140 Å². The largest absolute Gasteiger partial charge is 0.487 e. The molecule has 1 aliphatic carbocycles. The lowest BCUT2D eigenvalue weighted by molar-refractivity contribution is -0.142. The summed E-state index contributed by atoms with van der Waals surface area (Å²) in [5, 5.41) is 15.9. The van der Waals surface area contributed by atoms with Crippen molar-refractivity contribution in [1.29, 1.82) is 5.26 Å². The highest BCUT2D eigenvalue weighted by Crippen LogP contribution is 2.32. The molecule has 2 aliphatic rings. The van der Waals surface area contributed by atoms with Gasteiger partial charge >= 0.3 is 0 Å². The van der Waals surface area contributed by atoms with E-state index in [1.54, 1.807) is 24.3 Å². The van der Waals surface area contributed by atoms with Gasteiger partial charge in [-0.1, -0.05) is 0 Å². The van der Waals surface area contributed by atoms with Crippen LogP contribution in [0.1, 0.15) is 35.6 Å². The predicted octanol–water partition coefficient (Wildman–Crippen LogP) is 1.99. The van der Waals surface area contributed by atoms with E-state index in [1.807, 2.05) is 11.1 Å². The molecule has 0 spiro atoms. The number of ether oxygens (including phenoxy) is 1. The molecule has 1 amide bonds. The number of fused-ring (bicyclic) bond motifs is 1. The summed E-state index contributed by atoms with van der Waals surface area (Å²) in [5.74, 6) is 0.812. The summed E-state index contributed by atoms with van der Waals surface area (Å²) in [5.41, 5.74) is 2.77. The minimum atomic E-state index is -0.0906. The third-order valence-corrected chi connectivity index (χ3v) is 4.78. The third kappa shape index (κ3) is 2.62. The van der Waals surface area contributed by atoms with Crippen molar-refractivity contribution < 1.29 is 9.53 Å². The van der Waals surface area contributed by atoms with Crippen molar-refractivity contribution in [3.63, 3.8) is 0 Å². The lowest BCUT2D eigenvalue weighted by atomic mass is 9.86. The second kappa shape index (κ2) is 6.00. The fourth-order valence-corrected chi connectivity index (χ4v) is 3.42. The first kappa shape index (κ1) is 14.8. The van der Waals surface area contributed by atoms with Gasteiger partial charge in [0.15, 0.2) is 0 Å². The van der Waals surface area contributed by atoms with Crippen molar-refractivity contribution >= 4 is 5.91 Å². The molecule has 6 heteroatoms. The van der Waals surface area contributed by atoms with Gasteiger partial charge in [-0.3, -0.25) is 9.89 Å². The number of nitrogens with one attached hydrogen (secondary N) is 1. The zero-order valence-electron chi connectivity index (χ0n) is 13.2. The molecule has 1 saturated heterocycles. The highest BCUT2D eigenvalue weighted by molar-refractivity contribution is 5.84. The molecule has 1 aromatic heterocycles. The van der Waals surface area contributed by atoms with Crippen molar-refractivity contribution in [2.75, 3.05) is 13.1 Å². The van der Waals surface area contributed by atoms with E-state index in [0.717, 1.165) is 30.7 Å². The number of rotatable bonds is 3. The molecule has 0 saturated carbocycles. The van der Waals surface area contributed by atoms with Crippen LogP contribution < -0.4 is 4.74 Å². The quantitative estimate of drug-likeness (QED) is 0.937. The van der Waals surface area contributed by atoms with Gasteiger partial charge < -0.3 is 9.64 Å². The van der Waals surface area contributed by atoms with E-state index >= 15 is 0 Å². The number of aryl methyl sites for hydroxylation is 1. The Kier molecular flexibility index (Phi) is 3.69. The van der Waals surface area contributed by atoms with Crippen LogP contribution in [0.4, 0.5) is 0 Å². The number of carbonyl (C=O) groups is 1. The first-order valence-corrected chi connectivity index (χ1v) is 8.22. The summed E-state index contributed by atoms with van der Waals surface area (Å²) < 4.78 is 5.85. The van der Waals surface area contributed by atoms with E-state index < -0.39 is 0 Å². The van der Waals surface area contributed by atoms with Gasteiger partial charge in [-0.05, 0) is 49.1 Å². The number of carbonyl (C=O) groups excluding carboxylic acids is 1. The zero-order chi connectivity index (χ0) is 16.5. The summed E-state index contributed by atoms with van der Waals surface area (Å²) in [6.07, 6.45) is 4.77. The fraction of sp³-hybridized carbons (Fsp3) is 0.389. The number of likely N-dealkylation sites (tertiary alicyclic amines) is 1. The van der Waals surface area contributed by atoms with E-state index in [9.17, 15) is 4.79 Å². The van der Waals surface area contributed by atoms with Gasteiger partial charge in [-0.15, -0.1) is 0 Å². The molecular weight excluding hydrogens is 304 g/mol. The van der Waals surface area contributed by atoms with E-state index in [1.165, 1.54) is 5.56 Å². The average molecular weight is 322 g/mol. The molecule has 122 valence electrons. The maximum Gasteiger partial charge on any atom is 0.231 e. The van der Waals surface area contributed by atoms with Crippen LogP contribution in [0.25, 0.3) is 0 Å². The Morgan fingerprint density at radius 1 is 1.33 bits per heavy atom. The van der Waals surface area contributed by atoms with Crippen LogP contribution in [-0.2, 0) is 11.2 Å². The number of hydrogen-bond donors (Lipinski definition) is 1. The van der Waals surface area contributed by atoms with Crippen molar-refractivity contribution in [2.24, 2.45) is 0 Å². The summed E-state index contributed by atoms with van der Waals surface area (Å²) in [6.45, 7) is 1.22. The minimum Gasteiger partial charge on any atom is -0.487 e. The molecule has 0 unspecified atom stereocenters. The van der Waals surface area contributed by atoms with Crippen LogP contribution in [0.15, 0.2) is 30.5 Å². The maximum atomic E-state index is 12.7. The second-order valence-electron chi connectivity index (χ2n) is 6.37. The standard InChI is InChI=1S/C18H18N4O2/c19-8-12-4-6-14(7-5-12)24-15-10-22(11-15)18(23)16-3-1-2-13-9-20-21-17(13)16/h4-7,9,15-16H,1-3,10-11H2,(H,20,21)/t16-/m1/s1. The average Bonchev–Trinajstić information content (AvgIpc) is 3.06. The number of nitriles is 1. The second-order valence-corrected chi connectivity index (χ2v) is 6.37. The maximum absolute atomic E-state index is 12.7. The smallest absolute Gasteiger partial charge is 0.231 e. The summed E-state index contributed by atoms with van der Waals surface area (Å²) in [7, 11) is 0. The summed E-state index contributed by atoms with van der Waals surface area (Å²) in [4.78, 5) is 14.6. The van der Waals surface area contributed by atoms with Crippen molar-refractivity contribution in [2.45, 2.75) is 31.3 Å². The molecular formula is C18H18N4O2. The molecule has 1 fully saturated rings. The van der Waals surface area contributed by atoms with Crippen LogP contribution in [0, 0.1) is 11.3 Å². The normalized spacial score (nSPS) is 20.0. The SMILES string of the molecule is N#Cc1ccc(OC2CN(C(=O)[C@@H]3CCCc4cn[nH]c43)C2)cc1. The topological polar surface area (TPSA) is 82.0 Å². The van der Waals surface area contributed by atoms with Crippen LogP contribution in [-0.4, -0.2) is 40.2 Å². The van der Waals surface area contributed by atoms with Gasteiger partial charge in [0, 0.05) is 0 Å². The van der Waals surface area contributed by atoms with E-state index in [2.05, 4.69) is 16.3 Å². The fourth-order valence-electron chi connectivity index (χ4n) is 3.42. The van der Waals surface area contributed by atoms with Crippen molar-refractivity contribution in [3.8, 4) is 11.8 Å². The molecule has 0 bridgehead atoms. The number of aromatic nitrogens is 2. The van der Waals surface area contributed by atoms with Gasteiger partial charge in [-0.2, -0.15) is 10.4 Å². The van der Waals surface area contributed by atoms with Gasteiger partial charge in [0.05, 0.1) is 42.5 Å². The highest BCUT2D eigenvalue weighted by Gasteiger charge is 2.38. The number of H-pyrrole nitrogens is 1. The van der Waals surface area contributed by atoms with Crippen LogP contribution in [0.3, 0.4) is 0 Å². The molecule has 1 aliphatic heterocycles. The summed E-state index contributed by atoms with van der Waals surface area (Å²) in [6, 6.07) is 9.14. The molecule has 2 heterocycles. The predicted molar refractivity (Wildman–Crippen MR) is 86.4 cm³/mol. The van der Waals surface area contributed by atoms with E-state index in [4.69, 9.17) is 10.00 Å². The molecule has 24 heavy (non-hydrogen) atoms. The van der Waals surface area contributed by atoms with Crippen molar-refractivity contribution in [1.82, 2.24) is 15.1 Å². The lowest BCUT2D eigenvalue weighted by Crippen LogP contribution is -2.57. The first-order chi connectivity index (χ1) is 11.7. The van der Waals surface area contributed by atoms with E-state index in [0.29, 0.717) is 18.7 Å². The lowest BCUT2D eigenvalue weighted by Gasteiger charge is -2.41. The monoisotopic (exact) mass is 322 g/mol. The Bertz CT molecular complexity index is 784. The van der Waals surface area contributed by atoms with Crippen LogP contribution in [0.2, 0.25) is 0 Å². The molecule has 1 atom stereocenters. The van der Waals surface area contributed by atoms with Gasteiger partial charge in [0.1, 0.15) is 11.9 Å². The molecule has 6 nitrogen and oxygen atoms in total. The molecule has 2 aromatic rings. The van der Waals surface area contributed by atoms with Crippen molar-refractivity contribution in [3.05, 3.63) is 47.3 Å². The van der Waals surface area contributed by atoms with Gasteiger partial charge in [0.2, 0.25) is 5.91 Å². The molecule has 0 radical (unpaired) electrons. The minimum absolute atomic E-state index is 0.0201. The summed E-state index contributed by atoms with van der Waals surface area (Å²) >= 11 is 0. The van der Waals surface area contributed by atoms with Crippen LogP contribution in [0.5, 0.6) is 5.75 Å². The number of hydrogen-bond acceptors (Lipinski definition) is 4. The molecule has 4 rings (SSSR count). The number of amides is 1. The Morgan fingerprint density at radius 3 is 2.88 bits per heavy atom. The number of benzene rings is 1. The third-order valence-electron chi connectivity index (χ3n) is 4.78. The Hall–Kier alpha value is -2.81. The first-order valence-electron chi connectivity index (χ1n) is 8.22. The van der Waals surface area contributed by atoms with Gasteiger partial charge in [0.25, 0.3) is 0 Å². The Balaban J connectivity index is 1.34.